The highest BCUT2D eigenvalue weighted by Crippen LogP contribution is 2.26. The predicted molar refractivity (Wildman–Crippen MR) is 107 cm³/mol. The van der Waals surface area contributed by atoms with Gasteiger partial charge in [-0.2, -0.15) is 5.10 Å². The number of furan rings is 1. The van der Waals surface area contributed by atoms with Gasteiger partial charge in [0.15, 0.2) is 0 Å². The molecule has 0 saturated heterocycles. The van der Waals surface area contributed by atoms with Gasteiger partial charge < -0.3 is 14.6 Å². The molecule has 0 aliphatic heterocycles. The van der Waals surface area contributed by atoms with E-state index in [0.717, 1.165) is 25.0 Å². The van der Waals surface area contributed by atoms with E-state index in [1.165, 1.54) is 11.3 Å². The zero-order valence-corrected chi connectivity index (χ0v) is 16.4. The van der Waals surface area contributed by atoms with Crippen molar-refractivity contribution in [3.8, 4) is 0 Å². The third-order valence-corrected chi connectivity index (χ3v) is 5.25. The number of hydrogen-bond donors (Lipinski definition) is 1. The summed E-state index contributed by atoms with van der Waals surface area (Å²) in [5.74, 6) is 0.249. The van der Waals surface area contributed by atoms with Crippen LogP contribution < -0.4 is 5.32 Å². The Labute approximate surface area is 169 Å². The molecule has 7 heteroatoms. The molecule has 1 aliphatic carbocycles. The van der Waals surface area contributed by atoms with Crippen molar-refractivity contribution in [2.75, 3.05) is 6.54 Å². The number of nitrogens with zero attached hydrogens (tertiary/aromatic N) is 3. The summed E-state index contributed by atoms with van der Waals surface area (Å²) in [5, 5.41) is 7.35. The van der Waals surface area contributed by atoms with Crippen molar-refractivity contribution < 1.29 is 14.0 Å². The van der Waals surface area contributed by atoms with E-state index in [9.17, 15) is 9.59 Å². The normalized spacial score (nSPS) is 12.6. The van der Waals surface area contributed by atoms with Gasteiger partial charge in [0.25, 0.3) is 5.91 Å². The SMILES string of the molecule is Cn1nc(CN(Cc2ccco2)C(=O)CNC(=O)c2ccccc2)c2c1CCC2. The van der Waals surface area contributed by atoms with Crippen LogP contribution in [0.4, 0.5) is 0 Å². The molecule has 3 aromatic rings. The topological polar surface area (TPSA) is 80.4 Å². The van der Waals surface area contributed by atoms with Crippen LogP contribution in [0.25, 0.3) is 0 Å². The molecule has 0 fully saturated rings. The first-order valence-electron chi connectivity index (χ1n) is 9.79. The number of rotatable bonds is 7. The molecular weight excluding hydrogens is 368 g/mol. The fourth-order valence-electron chi connectivity index (χ4n) is 3.79. The Balaban J connectivity index is 1.47. The van der Waals surface area contributed by atoms with E-state index in [1.54, 1.807) is 41.5 Å². The van der Waals surface area contributed by atoms with Crippen molar-refractivity contribution in [2.24, 2.45) is 7.05 Å². The van der Waals surface area contributed by atoms with Crippen molar-refractivity contribution in [2.45, 2.75) is 32.4 Å². The molecule has 1 aliphatic rings. The zero-order chi connectivity index (χ0) is 20.2. The fraction of sp³-hybridized carbons (Fsp3) is 0.318. The lowest BCUT2D eigenvalue weighted by molar-refractivity contribution is -0.131. The highest BCUT2D eigenvalue weighted by Gasteiger charge is 2.25. The van der Waals surface area contributed by atoms with E-state index < -0.39 is 0 Å². The van der Waals surface area contributed by atoms with Crippen LogP contribution in [0.3, 0.4) is 0 Å². The number of aromatic nitrogens is 2. The highest BCUT2D eigenvalue weighted by atomic mass is 16.3. The maximum absolute atomic E-state index is 13.0. The van der Waals surface area contributed by atoms with Gasteiger partial charge in [-0.05, 0) is 49.1 Å². The maximum Gasteiger partial charge on any atom is 0.251 e. The molecule has 0 radical (unpaired) electrons. The number of benzene rings is 1. The van der Waals surface area contributed by atoms with Gasteiger partial charge in [0.2, 0.25) is 5.91 Å². The summed E-state index contributed by atoms with van der Waals surface area (Å²) in [4.78, 5) is 26.9. The average Bonchev–Trinajstić information content (AvgIpc) is 3.47. The minimum absolute atomic E-state index is 0.0799. The van der Waals surface area contributed by atoms with Crippen LogP contribution in [0.15, 0.2) is 53.1 Å². The summed E-state index contributed by atoms with van der Waals surface area (Å²) >= 11 is 0. The molecule has 0 unspecified atom stereocenters. The Kier molecular flexibility index (Phi) is 5.46. The first kappa shape index (κ1) is 19.0. The van der Waals surface area contributed by atoms with Gasteiger partial charge in [0.05, 0.1) is 31.6 Å². The molecular formula is C22H24N4O3. The van der Waals surface area contributed by atoms with Gasteiger partial charge >= 0.3 is 0 Å². The predicted octanol–water partition coefficient (Wildman–Crippen LogP) is 2.46. The van der Waals surface area contributed by atoms with Gasteiger partial charge in [-0.3, -0.25) is 14.3 Å². The summed E-state index contributed by atoms with van der Waals surface area (Å²) < 4.78 is 7.36. The van der Waals surface area contributed by atoms with Crippen molar-refractivity contribution in [1.82, 2.24) is 20.0 Å². The molecule has 0 bridgehead atoms. The third kappa shape index (κ3) is 4.23. The summed E-state index contributed by atoms with van der Waals surface area (Å²) in [5.41, 5.74) is 3.95. The number of carbonyl (C=O) groups is 2. The van der Waals surface area contributed by atoms with Crippen LogP contribution in [-0.2, 0) is 37.8 Å². The lowest BCUT2D eigenvalue weighted by Gasteiger charge is -2.21. The Morgan fingerprint density at radius 2 is 1.97 bits per heavy atom. The molecule has 4 rings (SSSR count). The smallest absolute Gasteiger partial charge is 0.251 e. The largest absolute Gasteiger partial charge is 0.467 e. The second kappa shape index (κ2) is 8.34. The minimum atomic E-state index is -0.268. The average molecular weight is 392 g/mol. The molecule has 0 spiro atoms. The molecule has 0 atom stereocenters. The van der Waals surface area contributed by atoms with Crippen molar-refractivity contribution in [1.29, 1.82) is 0 Å². The molecule has 2 heterocycles. The summed E-state index contributed by atoms with van der Waals surface area (Å²) in [6.07, 6.45) is 4.73. The van der Waals surface area contributed by atoms with Crippen molar-refractivity contribution in [3.63, 3.8) is 0 Å². The van der Waals surface area contributed by atoms with E-state index in [-0.39, 0.29) is 18.4 Å². The van der Waals surface area contributed by atoms with E-state index in [1.807, 2.05) is 23.9 Å². The molecule has 1 N–H and O–H groups in total. The minimum Gasteiger partial charge on any atom is -0.467 e. The second-order valence-electron chi connectivity index (χ2n) is 7.23. The van der Waals surface area contributed by atoms with Gasteiger partial charge in [-0.25, -0.2) is 0 Å². The Bertz CT molecular complexity index is 993. The quantitative estimate of drug-likeness (QED) is 0.670. The van der Waals surface area contributed by atoms with Gasteiger partial charge in [0.1, 0.15) is 5.76 Å². The first-order valence-corrected chi connectivity index (χ1v) is 9.79. The summed E-state index contributed by atoms with van der Waals surface area (Å²) in [7, 11) is 1.95. The maximum atomic E-state index is 13.0. The van der Waals surface area contributed by atoms with Gasteiger partial charge in [-0.1, -0.05) is 18.2 Å². The lowest BCUT2D eigenvalue weighted by Crippen LogP contribution is -2.39. The van der Waals surface area contributed by atoms with Crippen LogP contribution in [0.5, 0.6) is 0 Å². The second-order valence-corrected chi connectivity index (χ2v) is 7.23. The Hall–Kier alpha value is -3.35. The molecule has 150 valence electrons. The number of nitrogens with one attached hydrogen (secondary N) is 1. The van der Waals surface area contributed by atoms with Crippen LogP contribution in [0, 0.1) is 0 Å². The molecule has 1 aromatic carbocycles. The van der Waals surface area contributed by atoms with Gasteiger partial charge in [-0.15, -0.1) is 0 Å². The molecule has 0 saturated carbocycles. The molecule has 7 nitrogen and oxygen atoms in total. The van der Waals surface area contributed by atoms with Crippen LogP contribution in [0.2, 0.25) is 0 Å². The monoisotopic (exact) mass is 392 g/mol. The Morgan fingerprint density at radius 3 is 2.72 bits per heavy atom. The Morgan fingerprint density at radius 1 is 1.14 bits per heavy atom. The van der Waals surface area contributed by atoms with E-state index in [0.29, 0.717) is 24.4 Å². The van der Waals surface area contributed by atoms with Crippen molar-refractivity contribution in [3.05, 3.63) is 77.0 Å². The highest BCUT2D eigenvalue weighted by molar-refractivity contribution is 5.96. The number of fused-ring (bicyclic) bond motifs is 1. The number of carbonyl (C=O) groups excluding carboxylic acids is 2. The standard InChI is InChI=1S/C22H24N4O3/c1-25-20-11-5-10-18(20)19(24-25)15-26(14-17-9-6-12-29-17)21(27)13-23-22(28)16-7-3-2-4-8-16/h2-4,6-9,12H,5,10-11,13-15H2,1H3,(H,23,28). The number of amides is 2. The zero-order valence-electron chi connectivity index (χ0n) is 16.4. The van der Waals surface area contributed by atoms with Crippen molar-refractivity contribution >= 4 is 11.8 Å². The third-order valence-electron chi connectivity index (χ3n) is 5.25. The number of aryl methyl sites for hydroxylation is 1. The summed E-state index contributed by atoms with van der Waals surface area (Å²) in [6, 6.07) is 12.5. The van der Waals surface area contributed by atoms with E-state index in [2.05, 4.69) is 10.4 Å². The summed E-state index contributed by atoms with van der Waals surface area (Å²) in [6.45, 7) is 0.645. The molecule has 2 aromatic heterocycles. The first-order chi connectivity index (χ1) is 14.1. The van der Waals surface area contributed by atoms with Gasteiger partial charge in [0, 0.05) is 18.3 Å². The van der Waals surface area contributed by atoms with E-state index in [4.69, 9.17) is 4.42 Å². The molecule has 29 heavy (non-hydrogen) atoms. The van der Waals surface area contributed by atoms with Crippen LogP contribution >= 0.6 is 0 Å². The number of hydrogen-bond acceptors (Lipinski definition) is 4. The van der Waals surface area contributed by atoms with E-state index >= 15 is 0 Å². The van der Waals surface area contributed by atoms with Crippen LogP contribution in [-0.4, -0.2) is 33.0 Å². The lowest BCUT2D eigenvalue weighted by atomic mass is 10.2. The fourth-order valence-corrected chi connectivity index (χ4v) is 3.79. The van der Waals surface area contributed by atoms with Crippen LogP contribution in [0.1, 0.15) is 39.5 Å². The molecule has 2 amide bonds.